The Bertz CT molecular complexity index is 429. The van der Waals surface area contributed by atoms with E-state index in [0.29, 0.717) is 16.8 Å². The molecule has 2 rings (SSSR count). The first kappa shape index (κ1) is 15.3. The molecule has 0 saturated heterocycles. The molecule has 0 amide bonds. The Hall–Kier alpha value is -1.09. The number of hydrogen-bond donors (Lipinski definition) is 1. The minimum Gasteiger partial charge on any atom is -0.495 e. The summed E-state index contributed by atoms with van der Waals surface area (Å²) in [7, 11) is 3.30. The molecule has 0 atom stereocenters. The van der Waals surface area contributed by atoms with Crippen LogP contribution in [0.4, 0.5) is 5.69 Å². The molecule has 3 nitrogen and oxygen atoms in total. The number of anilines is 1. The van der Waals surface area contributed by atoms with E-state index in [1.165, 1.54) is 44.9 Å². The van der Waals surface area contributed by atoms with Crippen molar-refractivity contribution in [1.29, 1.82) is 0 Å². The molecular formula is C16H24ClNO2. The highest BCUT2D eigenvalue weighted by Gasteiger charge is 2.15. The van der Waals surface area contributed by atoms with E-state index < -0.39 is 0 Å². The minimum absolute atomic E-state index is 0.509. The molecule has 0 aliphatic heterocycles. The van der Waals surface area contributed by atoms with Crippen LogP contribution >= 0.6 is 11.6 Å². The van der Waals surface area contributed by atoms with Crippen LogP contribution < -0.4 is 14.8 Å². The van der Waals surface area contributed by atoms with Crippen LogP contribution in [0.3, 0.4) is 0 Å². The highest BCUT2D eigenvalue weighted by atomic mass is 35.5. The smallest absolute Gasteiger partial charge is 0.143 e. The second-order valence-corrected chi connectivity index (χ2v) is 5.78. The van der Waals surface area contributed by atoms with Crippen LogP contribution in [0.25, 0.3) is 0 Å². The van der Waals surface area contributed by atoms with Crippen LogP contribution in [-0.2, 0) is 0 Å². The Balaban J connectivity index is 2.13. The third-order valence-electron chi connectivity index (χ3n) is 3.94. The van der Waals surface area contributed by atoms with Gasteiger partial charge < -0.3 is 14.8 Å². The number of rotatable bonds is 4. The molecule has 4 heteroatoms. The van der Waals surface area contributed by atoms with Crippen molar-refractivity contribution in [2.24, 2.45) is 0 Å². The van der Waals surface area contributed by atoms with Gasteiger partial charge in [0, 0.05) is 18.2 Å². The zero-order valence-corrected chi connectivity index (χ0v) is 13.1. The van der Waals surface area contributed by atoms with E-state index in [1.807, 2.05) is 12.1 Å². The van der Waals surface area contributed by atoms with Gasteiger partial charge in [0.25, 0.3) is 0 Å². The fraction of sp³-hybridized carbons (Fsp3) is 0.625. The second-order valence-electron chi connectivity index (χ2n) is 5.37. The van der Waals surface area contributed by atoms with E-state index in [9.17, 15) is 0 Å². The van der Waals surface area contributed by atoms with Crippen molar-refractivity contribution in [2.45, 2.75) is 51.0 Å². The van der Waals surface area contributed by atoms with Crippen molar-refractivity contribution in [2.75, 3.05) is 19.5 Å². The summed E-state index contributed by atoms with van der Waals surface area (Å²) in [5, 5.41) is 4.18. The summed E-state index contributed by atoms with van der Waals surface area (Å²) in [6.07, 6.45) is 9.10. The maximum atomic E-state index is 6.14. The highest BCUT2D eigenvalue weighted by molar-refractivity contribution is 6.32. The van der Waals surface area contributed by atoms with Gasteiger partial charge in [0.15, 0.2) is 0 Å². The summed E-state index contributed by atoms with van der Waals surface area (Å²) >= 11 is 6.14. The van der Waals surface area contributed by atoms with Gasteiger partial charge in [-0.05, 0) is 12.8 Å². The van der Waals surface area contributed by atoms with Gasteiger partial charge in [-0.15, -0.1) is 0 Å². The van der Waals surface area contributed by atoms with Crippen molar-refractivity contribution >= 4 is 17.3 Å². The number of ether oxygens (including phenoxy) is 2. The molecule has 1 aliphatic rings. The van der Waals surface area contributed by atoms with Gasteiger partial charge >= 0.3 is 0 Å². The summed E-state index contributed by atoms with van der Waals surface area (Å²) in [4.78, 5) is 0. The first-order chi connectivity index (χ1) is 9.74. The van der Waals surface area contributed by atoms with Gasteiger partial charge in [0.2, 0.25) is 0 Å². The maximum Gasteiger partial charge on any atom is 0.143 e. The number of benzene rings is 1. The summed E-state index contributed by atoms with van der Waals surface area (Å²) in [6.45, 7) is 0. The molecule has 0 unspecified atom stereocenters. The van der Waals surface area contributed by atoms with Gasteiger partial charge in [0.1, 0.15) is 11.5 Å². The number of methoxy groups -OCH3 is 2. The standard InChI is InChI=1S/C16H24ClNO2/c1-19-15-11-14(16(20-2)10-13(15)17)18-12-8-6-4-3-5-7-9-12/h10-12,18H,3-9H2,1-2H3. The molecule has 0 bridgehead atoms. The van der Waals surface area contributed by atoms with Gasteiger partial charge in [-0.25, -0.2) is 0 Å². The van der Waals surface area contributed by atoms with Crippen LogP contribution in [0.2, 0.25) is 5.02 Å². The van der Waals surface area contributed by atoms with Gasteiger partial charge in [-0.1, -0.05) is 43.7 Å². The lowest BCUT2D eigenvalue weighted by Crippen LogP contribution is -2.21. The number of hydrogen-bond acceptors (Lipinski definition) is 3. The summed E-state index contributed by atoms with van der Waals surface area (Å²) in [6, 6.07) is 4.25. The quantitative estimate of drug-likeness (QED) is 0.859. The lowest BCUT2D eigenvalue weighted by Gasteiger charge is -2.23. The number of nitrogens with one attached hydrogen (secondary N) is 1. The highest BCUT2D eigenvalue weighted by Crippen LogP contribution is 2.37. The van der Waals surface area contributed by atoms with Crippen molar-refractivity contribution < 1.29 is 9.47 Å². The zero-order chi connectivity index (χ0) is 14.4. The fourth-order valence-corrected chi connectivity index (χ4v) is 3.02. The van der Waals surface area contributed by atoms with Crippen molar-refractivity contribution in [1.82, 2.24) is 0 Å². The molecule has 0 aromatic heterocycles. The molecule has 1 aromatic rings. The van der Waals surface area contributed by atoms with E-state index in [4.69, 9.17) is 21.1 Å². The Kier molecular flexibility index (Phi) is 5.84. The zero-order valence-electron chi connectivity index (χ0n) is 12.4. The Labute approximate surface area is 126 Å². The summed E-state index contributed by atoms with van der Waals surface area (Å²) in [5.41, 5.74) is 0.972. The number of halogens is 1. The Morgan fingerprint density at radius 2 is 1.55 bits per heavy atom. The third kappa shape index (κ3) is 3.95. The maximum absolute atomic E-state index is 6.14. The molecule has 112 valence electrons. The van der Waals surface area contributed by atoms with Crippen molar-refractivity contribution in [3.63, 3.8) is 0 Å². The molecule has 20 heavy (non-hydrogen) atoms. The molecular weight excluding hydrogens is 274 g/mol. The van der Waals surface area contributed by atoms with E-state index in [2.05, 4.69) is 5.32 Å². The molecule has 0 spiro atoms. The van der Waals surface area contributed by atoms with Crippen LogP contribution in [0.1, 0.15) is 44.9 Å². The molecule has 1 aromatic carbocycles. The lowest BCUT2D eigenvalue weighted by atomic mass is 9.96. The van der Waals surface area contributed by atoms with E-state index in [1.54, 1.807) is 14.2 Å². The molecule has 0 radical (unpaired) electrons. The molecule has 1 fully saturated rings. The largest absolute Gasteiger partial charge is 0.495 e. The summed E-state index contributed by atoms with van der Waals surface area (Å²) < 4.78 is 10.7. The monoisotopic (exact) mass is 297 g/mol. The molecule has 0 heterocycles. The summed E-state index contributed by atoms with van der Waals surface area (Å²) in [5.74, 6) is 1.46. The topological polar surface area (TPSA) is 30.5 Å². The van der Waals surface area contributed by atoms with Crippen LogP contribution in [-0.4, -0.2) is 20.3 Å². The molecule has 1 N–H and O–H groups in total. The predicted molar refractivity (Wildman–Crippen MR) is 84.3 cm³/mol. The van der Waals surface area contributed by atoms with Gasteiger partial charge in [-0.3, -0.25) is 0 Å². The molecule has 1 saturated carbocycles. The van der Waals surface area contributed by atoms with Gasteiger partial charge in [0.05, 0.1) is 24.9 Å². The SMILES string of the molecule is COc1cc(NC2CCCCCCC2)c(OC)cc1Cl. The second kappa shape index (κ2) is 7.63. The minimum atomic E-state index is 0.509. The van der Waals surface area contributed by atoms with Crippen LogP contribution in [0.15, 0.2) is 12.1 Å². The first-order valence-corrected chi connectivity index (χ1v) is 7.80. The third-order valence-corrected chi connectivity index (χ3v) is 4.23. The van der Waals surface area contributed by atoms with Gasteiger partial charge in [-0.2, -0.15) is 0 Å². The average Bonchev–Trinajstić information content (AvgIpc) is 2.42. The van der Waals surface area contributed by atoms with E-state index in [0.717, 1.165) is 11.4 Å². The average molecular weight is 298 g/mol. The normalized spacial score (nSPS) is 17.1. The first-order valence-electron chi connectivity index (χ1n) is 7.42. The fourth-order valence-electron chi connectivity index (χ4n) is 2.79. The lowest BCUT2D eigenvalue weighted by molar-refractivity contribution is 0.403. The van der Waals surface area contributed by atoms with E-state index >= 15 is 0 Å². The van der Waals surface area contributed by atoms with Crippen molar-refractivity contribution in [3.8, 4) is 11.5 Å². The Morgan fingerprint density at radius 3 is 2.15 bits per heavy atom. The van der Waals surface area contributed by atoms with E-state index in [-0.39, 0.29) is 0 Å². The van der Waals surface area contributed by atoms with Crippen LogP contribution in [0, 0.1) is 0 Å². The Morgan fingerprint density at radius 1 is 0.950 bits per heavy atom. The van der Waals surface area contributed by atoms with Crippen molar-refractivity contribution in [3.05, 3.63) is 17.2 Å². The predicted octanol–water partition coefficient (Wildman–Crippen LogP) is 4.88. The molecule has 1 aliphatic carbocycles. The van der Waals surface area contributed by atoms with Crippen LogP contribution in [0.5, 0.6) is 11.5 Å².